The highest BCUT2D eigenvalue weighted by Crippen LogP contribution is 2.41. The summed E-state index contributed by atoms with van der Waals surface area (Å²) in [6, 6.07) is 7.93. The van der Waals surface area contributed by atoms with Gasteiger partial charge >= 0.3 is 0 Å². The minimum Gasteiger partial charge on any atom is -0.489 e. The van der Waals surface area contributed by atoms with Crippen molar-refractivity contribution in [3.8, 4) is 11.5 Å². The number of ether oxygens (including phenoxy) is 2. The Bertz CT molecular complexity index is 1170. The maximum absolute atomic E-state index is 13.8. The second-order valence-electron chi connectivity index (χ2n) is 7.35. The molecule has 31 heavy (non-hydrogen) atoms. The van der Waals surface area contributed by atoms with Crippen molar-refractivity contribution in [2.24, 2.45) is 7.05 Å². The summed E-state index contributed by atoms with van der Waals surface area (Å²) in [4.78, 5) is 15.2. The van der Waals surface area contributed by atoms with Gasteiger partial charge in [-0.05, 0) is 29.0 Å². The molecule has 0 saturated heterocycles. The molecular formula is C20H18ClFN6O3. The van der Waals surface area contributed by atoms with Crippen molar-refractivity contribution in [1.82, 2.24) is 20.2 Å². The minimum atomic E-state index is -0.376. The van der Waals surface area contributed by atoms with E-state index >= 15 is 0 Å². The van der Waals surface area contributed by atoms with Gasteiger partial charge in [-0.25, -0.2) is 4.39 Å². The van der Waals surface area contributed by atoms with Crippen LogP contribution in [0.15, 0.2) is 30.3 Å². The van der Waals surface area contributed by atoms with Crippen LogP contribution in [-0.4, -0.2) is 45.4 Å². The van der Waals surface area contributed by atoms with Crippen molar-refractivity contribution < 1.29 is 18.7 Å². The Morgan fingerprint density at radius 1 is 1.26 bits per heavy atom. The molecule has 3 aromatic rings. The summed E-state index contributed by atoms with van der Waals surface area (Å²) in [6.45, 7) is 0.671. The Balaban J connectivity index is 1.50. The molecule has 1 unspecified atom stereocenters. The molecule has 2 aliphatic rings. The van der Waals surface area contributed by atoms with E-state index in [4.69, 9.17) is 21.1 Å². The topological polar surface area (TPSA) is 94.4 Å². The molecule has 2 aromatic carbocycles. The Morgan fingerprint density at radius 3 is 2.94 bits per heavy atom. The van der Waals surface area contributed by atoms with Gasteiger partial charge in [0.25, 0.3) is 5.91 Å². The van der Waals surface area contributed by atoms with E-state index in [1.54, 1.807) is 19.2 Å². The first-order valence-electron chi connectivity index (χ1n) is 9.64. The number of carbonyl (C=O) groups excluding carboxylic acids is 1. The molecule has 1 atom stereocenters. The molecule has 2 aliphatic heterocycles. The molecule has 0 radical (unpaired) electrons. The first kappa shape index (κ1) is 19.6. The number of nitrogens with zero attached hydrogens (tertiary/aromatic N) is 5. The number of tetrazole rings is 1. The van der Waals surface area contributed by atoms with Crippen LogP contribution in [0.1, 0.15) is 11.4 Å². The Hall–Kier alpha value is -3.40. The minimum absolute atomic E-state index is 0.0434. The lowest BCUT2D eigenvalue weighted by atomic mass is 10.1. The van der Waals surface area contributed by atoms with E-state index in [1.165, 1.54) is 16.9 Å². The maximum atomic E-state index is 13.8. The largest absolute Gasteiger partial charge is 0.489 e. The van der Waals surface area contributed by atoms with Crippen molar-refractivity contribution in [3.05, 3.63) is 52.6 Å². The van der Waals surface area contributed by atoms with E-state index in [0.717, 1.165) is 11.3 Å². The molecule has 5 rings (SSSR count). The lowest BCUT2D eigenvalue weighted by molar-refractivity contribution is -0.118. The number of fused-ring (bicyclic) bond motifs is 2. The molecule has 1 aromatic heterocycles. The van der Waals surface area contributed by atoms with Crippen LogP contribution in [0.25, 0.3) is 0 Å². The number of halogens is 2. The number of aryl methyl sites for hydroxylation is 1. The van der Waals surface area contributed by atoms with Crippen molar-refractivity contribution in [1.29, 1.82) is 0 Å². The standard InChI is InChI=1S/C20H18ClFN6O3/c1-27-25-17(24-26-27)7-13-9-30-16-6-12(22)3-4-14(16)28(13)8-11-2-5-15-20(19(11)21)23-18(29)10-31-15/h2-6,13H,7-10H2,1H3,(H,23,29). The zero-order valence-electron chi connectivity index (χ0n) is 16.5. The normalized spacial score (nSPS) is 17.3. The zero-order valence-corrected chi connectivity index (χ0v) is 17.3. The molecule has 0 bridgehead atoms. The number of carbonyl (C=O) groups is 1. The van der Waals surface area contributed by atoms with Gasteiger partial charge in [-0.2, -0.15) is 4.80 Å². The summed E-state index contributed by atoms with van der Waals surface area (Å²) < 4.78 is 25.0. The molecule has 160 valence electrons. The van der Waals surface area contributed by atoms with Crippen LogP contribution in [0.2, 0.25) is 5.02 Å². The smallest absolute Gasteiger partial charge is 0.262 e. The number of nitrogens with one attached hydrogen (secondary N) is 1. The number of hydrogen-bond acceptors (Lipinski definition) is 7. The van der Waals surface area contributed by atoms with Crippen LogP contribution in [-0.2, 0) is 24.8 Å². The van der Waals surface area contributed by atoms with Gasteiger partial charge in [0, 0.05) is 19.0 Å². The SMILES string of the molecule is Cn1nnc(CC2COc3cc(F)ccc3N2Cc2ccc3c(c2Cl)NC(=O)CO3)n1. The van der Waals surface area contributed by atoms with Crippen LogP contribution in [0.3, 0.4) is 0 Å². The lowest BCUT2D eigenvalue weighted by Gasteiger charge is -2.38. The number of hydrogen-bond donors (Lipinski definition) is 1. The van der Waals surface area contributed by atoms with Crippen LogP contribution in [0.4, 0.5) is 15.8 Å². The predicted octanol–water partition coefficient (Wildman–Crippen LogP) is 2.34. The van der Waals surface area contributed by atoms with Crippen molar-refractivity contribution in [3.63, 3.8) is 0 Å². The van der Waals surface area contributed by atoms with Gasteiger partial charge in [-0.15, -0.1) is 10.2 Å². The second-order valence-corrected chi connectivity index (χ2v) is 7.73. The second kappa shape index (κ2) is 7.69. The van der Waals surface area contributed by atoms with Gasteiger partial charge in [0.15, 0.2) is 12.4 Å². The highest BCUT2D eigenvalue weighted by atomic mass is 35.5. The molecule has 1 N–H and O–H groups in total. The van der Waals surface area contributed by atoms with E-state index in [1.807, 2.05) is 6.07 Å². The van der Waals surface area contributed by atoms with Crippen molar-refractivity contribution >= 4 is 28.9 Å². The quantitative estimate of drug-likeness (QED) is 0.660. The summed E-state index contributed by atoms with van der Waals surface area (Å²) in [5, 5.41) is 15.4. The molecule has 0 fully saturated rings. The molecular weight excluding hydrogens is 427 g/mol. The van der Waals surface area contributed by atoms with E-state index in [9.17, 15) is 9.18 Å². The van der Waals surface area contributed by atoms with Gasteiger partial charge in [-0.1, -0.05) is 17.7 Å². The number of benzene rings is 2. The van der Waals surface area contributed by atoms with E-state index < -0.39 is 0 Å². The van der Waals surface area contributed by atoms with Gasteiger partial charge in [0.2, 0.25) is 0 Å². The average Bonchev–Trinajstić information content (AvgIpc) is 3.16. The molecule has 9 nitrogen and oxygen atoms in total. The van der Waals surface area contributed by atoms with Gasteiger partial charge in [0.1, 0.15) is 29.6 Å². The fourth-order valence-electron chi connectivity index (χ4n) is 3.78. The summed E-state index contributed by atoms with van der Waals surface area (Å²) >= 11 is 6.62. The summed E-state index contributed by atoms with van der Waals surface area (Å²) in [5.41, 5.74) is 1.96. The lowest BCUT2D eigenvalue weighted by Crippen LogP contribution is -2.44. The Kier molecular flexibility index (Phi) is 4.85. The molecule has 11 heteroatoms. The van der Waals surface area contributed by atoms with Gasteiger partial charge in [-0.3, -0.25) is 4.79 Å². The maximum Gasteiger partial charge on any atom is 0.262 e. The third kappa shape index (κ3) is 3.74. The fourth-order valence-corrected chi connectivity index (χ4v) is 4.04. The molecule has 0 saturated carbocycles. The van der Waals surface area contributed by atoms with Gasteiger partial charge in [0.05, 0.1) is 23.8 Å². The first-order valence-corrected chi connectivity index (χ1v) is 10.0. The van der Waals surface area contributed by atoms with Crippen LogP contribution < -0.4 is 19.7 Å². The fraction of sp³-hybridized carbons (Fsp3) is 0.300. The van der Waals surface area contributed by atoms with E-state index in [-0.39, 0.29) is 24.4 Å². The third-order valence-electron chi connectivity index (χ3n) is 5.22. The molecule has 0 spiro atoms. The Morgan fingerprint density at radius 2 is 2.13 bits per heavy atom. The molecule has 1 amide bonds. The Labute approximate surface area is 181 Å². The number of amides is 1. The van der Waals surface area contributed by atoms with Crippen molar-refractivity contribution in [2.75, 3.05) is 23.4 Å². The molecule has 0 aliphatic carbocycles. The van der Waals surface area contributed by atoms with E-state index in [2.05, 4.69) is 25.6 Å². The van der Waals surface area contributed by atoms with Gasteiger partial charge < -0.3 is 19.7 Å². The van der Waals surface area contributed by atoms with Crippen LogP contribution >= 0.6 is 11.6 Å². The zero-order chi connectivity index (χ0) is 21.5. The van der Waals surface area contributed by atoms with Crippen LogP contribution in [0.5, 0.6) is 11.5 Å². The van der Waals surface area contributed by atoms with E-state index in [0.29, 0.717) is 47.6 Å². The summed E-state index contributed by atoms with van der Waals surface area (Å²) in [5.74, 6) is 0.917. The predicted molar refractivity (Wildman–Crippen MR) is 110 cm³/mol. The first-order chi connectivity index (χ1) is 15.0. The highest BCUT2D eigenvalue weighted by molar-refractivity contribution is 6.35. The molecule has 3 heterocycles. The number of aromatic nitrogens is 4. The van der Waals surface area contributed by atoms with Crippen molar-refractivity contribution in [2.45, 2.75) is 19.0 Å². The number of anilines is 2. The average molecular weight is 445 g/mol. The third-order valence-corrected chi connectivity index (χ3v) is 5.65. The van der Waals surface area contributed by atoms with Crippen LogP contribution in [0, 0.1) is 5.82 Å². The highest BCUT2D eigenvalue weighted by Gasteiger charge is 2.31. The monoisotopic (exact) mass is 444 g/mol. The summed E-state index contributed by atoms with van der Waals surface area (Å²) in [7, 11) is 1.70. The summed E-state index contributed by atoms with van der Waals surface area (Å²) in [6.07, 6.45) is 0.479. The number of rotatable bonds is 4.